The number of carbonyl (C=O) groups excluding carboxylic acids is 3. The summed E-state index contributed by atoms with van der Waals surface area (Å²) in [5.41, 5.74) is 0.600. The van der Waals surface area contributed by atoms with Crippen molar-refractivity contribution in [2.24, 2.45) is 0 Å². The molecule has 1 aliphatic rings. The molecule has 0 bridgehead atoms. The van der Waals surface area contributed by atoms with Gasteiger partial charge in [0.2, 0.25) is 5.91 Å². The Morgan fingerprint density at radius 2 is 2.15 bits per heavy atom. The number of ether oxygens (including phenoxy) is 1. The van der Waals surface area contributed by atoms with Gasteiger partial charge in [0, 0.05) is 10.9 Å². The van der Waals surface area contributed by atoms with E-state index in [9.17, 15) is 14.4 Å². The molecule has 2 amide bonds. The van der Waals surface area contributed by atoms with Crippen molar-refractivity contribution in [2.75, 3.05) is 11.9 Å². The van der Waals surface area contributed by atoms with E-state index in [1.807, 2.05) is 6.07 Å². The quantitative estimate of drug-likeness (QED) is 0.807. The van der Waals surface area contributed by atoms with Crippen molar-refractivity contribution >= 4 is 39.4 Å². The second-order valence-electron chi connectivity index (χ2n) is 4.29. The molecule has 0 aromatic heterocycles. The van der Waals surface area contributed by atoms with Crippen molar-refractivity contribution in [3.8, 4) is 0 Å². The number of amides is 2. The summed E-state index contributed by atoms with van der Waals surface area (Å²) >= 11 is 3.30. The smallest absolute Gasteiger partial charge is 0.329 e. The average molecular weight is 341 g/mol. The third kappa shape index (κ3) is 3.80. The van der Waals surface area contributed by atoms with Gasteiger partial charge in [0.05, 0.1) is 5.69 Å². The van der Waals surface area contributed by atoms with E-state index in [1.165, 1.54) is 0 Å². The normalized spacial score (nSPS) is 17.4. The monoisotopic (exact) mass is 340 g/mol. The number of hydrogen-bond acceptors (Lipinski definition) is 4. The van der Waals surface area contributed by atoms with E-state index in [4.69, 9.17) is 4.74 Å². The Balaban J connectivity index is 1.79. The molecule has 0 radical (unpaired) electrons. The van der Waals surface area contributed by atoms with Gasteiger partial charge in [0.25, 0.3) is 5.91 Å². The fourth-order valence-electron chi connectivity index (χ4n) is 1.78. The van der Waals surface area contributed by atoms with Crippen LogP contribution >= 0.6 is 15.9 Å². The molecule has 1 aromatic carbocycles. The molecule has 6 nitrogen and oxygen atoms in total. The standard InChI is InChI=1S/C13H13BrN2O4/c14-8-3-1-2-4-9(8)15-12(18)7-20-13(19)10-5-6-11(17)16-10/h1-4,10H,5-7H2,(H,15,18)(H,16,17). The summed E-state index contributed by atoms with van der Waals surface area (Å²) in [5.74, 6) is -1.20. The Morgan fingerprint density at radius 1 is 1.40 bits per heavy atom. The number of esters is 1. The molecule has 2 rings (SSSR count). The Hall–Kier alpha value is -1.89. The van der Waals surface area contributed by atoms with Crippen molar-refractivity contribution in [3.05, 3.63) is 28.7 Å². The van der Waals surface area contributed by atoms with Crippen LogP contribution in [0.4, 0.5) is 5.69 Å². The van der Waals surface area contributed by atoms with Gasteiger partial charge in [-0.15, -0.1) is 0 Å². The minimum atomic E-state index is -0.640. The molecular formula is C13H13BrN2O4. The minimum absolute atomic E-state index is 0.176. The van der Waals surface area contributed by atoms with Gasteiger partial charge in [-0.05, 0) is 34.5 Å². The first-order valence-electron chi connectivity index (χ1n) is 6.06. The topological polar surface area (TPSA) is 84.5 Å². The van der Waals surface area contributed by atoms with Crippen LogP contribution in [0.1, 0.15) is 12.8 Å². The molecule has 1 unspecified atom stereocenters. The molecule has 1 heterocycles. The lowest BCUT2D eigenvalue weighted by Gasteiger charge is -2.11. The van der Waals surface area contributed by atoms with Crippen LogP contribution in [0.15, 0.2) is 28.7 Å². The molecule has 1 fully saturated rings. The van der Waals surface area contributed by atoms with Gasteiger partial charge in [0.15, 0.2) is 6.61 Å². The van der Waals surface area contributed by atoms with Gasteiger partial charge in [-0.25, -0.2) is 4.79 Å². The molecule has 0 spiro atoms. The second kappa shape index (κ2) is 6.51. The van der Waals surface area contributed by atoms with E-state index in [0.717, 1.165) is 4.47 Å². The first kappa shape index (κ1) is 14.5. The van der Waals surface area contributed by atoms with Crippen molar-refractivity contribution < 1.29 is 19.1 Å². The highest BCUT2D eigenvalue weighted by Gasteiger charge is 2.28. The number of carbonyl (C=O) groups is 3. The van der Waals surface area contributed by atoms with Crippen LogP contribution in [0.3, 0.4) is 0 Å². The maximum atomic E-state index is 11.7. The van der Waals surface area contributed by atoms with Crippen molar-refractivity contribution in [3.63, 3.8) is 0 Å². The predicted octanol–water partition coefficient (Wildman–Crippen LogP) is 1.21. The van der Waals surface area contributed by atoms with Crippen molar-refractivity contribution in [1.29, 1.82) is 0 Å². The second-order valence-corrected chi connectivity index (χ2v) is 5.15. The van der Waals surface area contributed by atoms with Crippen LogP contribution in [0.2, 0.25) is 0 Å². The van der Waals surface area contributed by atoms with E-state index in [0.29, 0.717) is 18.5 Å². The van der Waals surface area contributed by atoms with Gasteiger partial charge >= 0.3 is 5.97 Å². The molecular weight excluding hydrogens is 328 g/mol. The highest BCUT2D eigenvalue weighted by Crippen LogP contribution is 2.20. The van der Waals surface area contributed by atoms with E-state index >= 15 is 0 Å². The maximum Gasteiger partial charge on any atom is 0.329 e. The van der Waals surface area contributed by atoms with Crippen LogP contribution < -0.4 is 10.6 Å². The summed E-state index contributed by atoms with van der Waals surface area (Å²) in [5, 5.41) is 5.10. The number of nitrogens with one attached hydrogen (secondary N) is 2. The predicted molar refractivity (Wildman–Crippen MR) is 74.9 cm³/mol. The lowest BCUT2D eigenvalue weighted by Crippen LogP contribution is -2.36. The van der Waals surface area contributed by atoms with E-state index < -0.39 is 17.9 Å². The Morgan fingerprint density at radius 3 is 2.80 bits per heavy atom. The van der Waals surface area contributed by atoms with E-state index in [2.05, 4.69) is 26.6 Å². The van der Waals surface area contributed by atoms with Gasteiger partial charge in [-0.3, -0.25) is 9.59 Å². The SMILES string of the molecule is O=C(COC(=O)C1CCC(=O)N1)Nc1ccccc1Br. The van der Waals surface area contributed by atoms with Crippen LogP contribution in [-0.2, 0) is 19.1 Å². The van der Waals surface area contributed by atoms with Gasteiger partial charge < -0.3 is 15.4 Å². The van der Waals surface area contributed by atoms with E-state index in [1.54, 1.807) is 18.2 Å². The highest BCUT2D eigenvalue weighted by atomic mass is 79.9. The van der Waals surface area contributed by atoms with Crippen LogP contribution in [0.25, 0.3) is 0 Å². The molecule has 1 aromatic rings. The zero-order valence-electron chi connectivity index (χ0n) is 10.5. The third-order valence-corrected chi connectivity index (χ3v) is 3.46. The minimum Gasteiger partial charge on any atom is -0.454 e. The lowest BCUT2D eigenvalue weighted by molar-refractivity contribution is -0.149. The Bertz CT molecular complexity index is 547. The molecule has 0 aliphatic carbocycles. The molecule has 20 heavy (non-hydrogen) atoms. The van der Waals surface area contributed by atoms with Gasteiger partial charge in [-0.1, -0.05) is 12.1 Å². The summed E-state index contributed by atoms with van der Waals surface area (Å²) in [6.45, 7) is -0.382. The number of para-hydroxylation sites is 1. The Kier molecular flexibility index (Phi) is 4.73. The molecule has 1 saturated heterocycles. The summed E-state index contributed by atoms with van der Waals surface area (Å²) in [7, 11) is 0. The lowest BCUT2D eigenvalue weighted by atomic mass is 10.2. The largest absolute Gasteiger partial charge is 0.454 e. The van der Waals surface area contributed by atoms with Crippen molar-refractivity contribution in [2.45, 2.75) is 18.9 Å². The van der Waals surface area contributed by atoms with E-state index in [-0.39, 0.29) is 12.5 Å². The van der Waals surface area contributed by atoms with Crippen molar-refractivity contribution in [1.82, 2.24) is 5.32 Å². The molecule has 1 aliphatic heterocycles. The third-order valence-electron chi connectivity index (χ3n) is 2.77. The fraction of sp³-hybridized carbons (Fsp3) is 0.308. The zero-order chi connectivity index (χ0) is 14.5. The molecule has 106 valence electrons. The summed E-state index contributed by atoms with van der Waals surface area (Å²) in [6.07, 6.45) is 0.715. The number of halogens is 1. The zero-order valence-corrected chi connectivity index (χ0v) is 12.1. The van der Waals surface area contributed by atoms with Crippen LogP contribution in [-0.4, -0.2) is 30.4 Å². The average Bonchev–Trinajstić information content (AvgIpc) is 2.85. The number of rotatable bonds is 4. The number of anilines is 1. The maximum absolute atomic E-state index is 11.7. The van der Waals surface area contributed by atoms with Crippen LogP contribution in [0.5, 0.6) is 0 Å². The number of hydrogen-bond donors (Lipinski definition) is 2. The van der Waals surface area contributed by atoms with Gasteiger partial charge in [0.1, 0.15) is 6.04 Å². The summed E-state index contributed by atoms with van der Waals surface area (Å²) in [4.78, 5) is 34.2. The first-order valence-corrected chi connectivity index (χ1v) is 6.86. The first-order chi connectivity index (χ1) is 9.56. The van der Waals surface area contributed by atoms with Crippen LogP contribution in [0, 0.1) is 0 Å². The molecule has 7 heteroatoms. The summed E-state index contributed by atoms with van der Waals surface area (Å²) < 4.78 is 5.61. The fourth-order valence-corrected chi connectivity index (χ4v) is 2.16. The Labute approximate surface area is 124 Å². The molecule has 1 atom stereocenters. The number of benzene rings is 1. The van der Waals surface area contributed by atoms with Gasteiger partial charge in [-0.2, -0.15) is 0 Å². The molecule has 0 saturated carbocycles. The molecule has 2 N–H and O–H groups in total. The summed E-state index contributed by atoms with van der Waals surface area (Å²) in [6, 6.07) is 6.47. The highest BCUT2D eigenvalue weighted by molar-refractivity contribution is 9.10.